The molecule has 240 valence electrons. The van der Waals surface area contributed by atoms with E-state index in [2.05, 4.69) is 106 Å². The first kappa shape index (κ1) is 30.2. The highest BCUT2D eigenvalue weighted by Crippen LogP contribution is 2.55. The van der Waals surface area contributed by atoms with Crippen molar-refractivity contribution in [3.63, 3.8) is 0 Å². The fraction of sp³-hybridized carbons (Fsp3) is 0. The third-order valence-corrected chi connectivity index (χ3v) is 10.2. The Labute approximate surface area is 300 Å². The fourth-order valence-electron chi connectivity index (χ4n) is 6.75. The maximum Gasteiger partial charge on any atom is 0.151 e. The minimum atomic E-state index is 0.577. The van der Waals surface area contributed by atoms with Crippen LogP contribution in [0.5, 0.6) is 11.5 Å². The van der Waals surface area contributed by atoms with Gasteiger partial charge in [-0.25, -0.2) is 0 Å². The quantitative estimate of drug-likeness (QED) is 0.180. The van der Waals surface area contributed by atoms with Crippen molar-refractivity contribution < 1.29 is 4.74 Å². The maximum absolute atomic E-state index is 9.62. The van der Waals surface area contributed by atoms with E-state index >= 15 is 0 Å². The fourth-order valence-corrected chi connectivity index (χ4v) is 7.81. The zero-order chi connectivity index (χ0) is 34.3. The van der Waals surface area contributed by atoms with Crippen molar-refractivity contribution in [3.8, 4) is 23.6 Å². The summed E-state index contributed by atoms with van der Waals surface area (Å²) in [6, 6.07) is 59.5. The molecule has 7 aromatic rings. The normalized spacial score (nSPS) is 12.3. The molecule has 6 nitrogen and oxygen atoms in total. The molecule has 0 N–H and O–H groups in total. The van der Waals surface area contributed by atoms with Crippen LogP contribution in [0.3, 0.4) is 0 Å². The first-order valence-electron chi connectivity index (χ1n) is 16.5. The zero-order valence-corrected chi connectivity index (χ0v) is 28.0. The highest BCUT2D eigenvalue weighted by Gasteiger charge is 2.30. The Kier molecular flexibility index (Phi) is 7.39. The van der Waals surface area contributed by atoms with E-state index < -0.39 is 0 Å². The van der Waals surface area contributed by atoms with Crippen LogP contribution in [0, 0.1) is 22.7 Å². The zero-order valence-electron chi connectivity index (χ0n) is 27.1. The Morgan fingerprint density at radius 2 is 0.863 bits per heavy atom. The summed E-state index contributed by atoms with van der Waals surface area (Å²) < 4.78 is 6.41. The molecule has 0 spiro atoms. The largest absolute Gasteiger partial charge is 0.453 e. The minimum absolute atomic E-state index is 0.577. The smallest absolute Gasteiger partial charge is 0.151 e. The molecular formula is C44H27N5OS. The average Bonchev–Trinajstić information content (AvgIpc) is 3.19. The number of hydrogen-bond donors (Lipinski definition) is 0. The number of rotatable bonds is 5. The third kappa shape index (κ3) is 5.30. The molecule has 51 heavy (non-hydrogen) atoms. The van der Waals surface area contributed by atoms with Crippen molar-refractivity contribution in [2.75, 3.05) is 14.7 Å². The number of nitrogens with zero attached hydrogens (tertiary/aromatic N) is 5. The van der Waals surface area contributed by atoms with Gasteiger partial charge < -0.3 is 19.4 Å². The molecule has 2 aliphatic heterocycles. The molecule has 0 saturated heterocycles. The molecule has 0 aliphatic carbocycles. The Balaban J connectivity index is 1.34. The number of nitriles is 2. The lowest BCUT2D eigenvalue weighted by atomic mass is 10.1. The van der Waals surface area contributed by atoms with Gasteiger partial charge >= 0.3 is 0 Å². The summed E-state index contributed by atoms with van der Waals surface area (Å²) in [4.78, 5) is 9.10. The van der Waals surface area contributed by atoms with Crippen LogP contribution in [0.4, 0.5) is 51.2 Å². The van der Waals surface area contributed by atoms with Crippen LogP contribution in [0.1, 0.15) is 11.1 Å². The second-order valence-electron chi connectivity index (χ2n) is 12.1. The van der Waals surface area contributed by atoms with Crippen molar-refractivity contribution in [3.05, 3.63) is 175 Å². The molecule has 0 fully saturated rings. The molecule has 7 aromatic carbocycles. The Morgan fingerprint density at radius 3 is 1.33 bits per heavy atom. The van der Waals surface area contributed by atoms with E-state index in [-0.39, 0.29) is 0 Å². The average molecular weight is 674 g/mol. The lowest BCUT2D eigenvalue weighted by Gasteiger charge is -2.37. The summed E-state index contributed by atoms with van der Waals surface area (Å²) >= 11 is 1.77. The predicted octanol–water partition coefficient (Wildman–Crippen LogP) is 12.4. The molecule has 0 unspecified atom stereocenters. The molecule has 0 aromatic heterocycles. The van der Waals surface area contributed by atoms with Crippen molar-refractivity contribution in [2.45, 2.75) is 9.79 Å². The second kappa shape index (κ2) is 12.5. The maximum atomic E-state index is 9.62. The van der Waals surface area contributed by atoms with Crippen LogP contribution in [-0.4, -0.2) is 0 Å². The van der Waals surface area contributed by atoms with Gasteiger partial charge in [-0.2, -0.15) is 10.5 Å². The molecule has 2 aliphatic rings. The van der Waals surface area contributed by atoms with Crippen molar-refractivity contribution in [1.29, 1.82) is 10.5 Å². The van der Waals surface area contributed by atoms with Crippen LogP contribution in [0.25, 0.3) is 0 Å². The van der Waals surface area contributed by atoms with Gasteiger partial charge in [-0.05, 0) is 115 Å². The standard InChI is InChI=1S/C44H27N5OS/c45-28-30-17-21-32(22-18-30)47(33-23-19-31(29-46)20-24-33)34-25-35(48-37-9-1-5-13-41(37)50-42-14-6-2-10-38(42)48)27-36(26-34)49-39-11-3-7-15-43(39)51-44-16-8-4-12-40(44)49/h1-27H. The van der Waals surface area contributed by atoms with Crippen LogP contribution >= 0.6 is 11.8 Å². The SMILES string of the molecule is N#Cc1ccc(N(c2ccc(C#N)cc2)c2cc(N3c4ccccc4Oc4ccccc43)cc(N3c4ccccc4Sc4ccccc43)c2)cc1. The molecule has 9 rings (SSSR count). The van der Waals surface area contributed by atoms with E-state index in [9.17, 15) is 10.5 Å². The Hall–Kier alpha value is -6.93. The molecule has 7 heteroatoms. The van der Waals surface area contributed by atoms with E-state index in [1.807, 2.05) is 84.9 Å². The summed E-state index contributed by atoms with van der Waals surface area (Å²) in [7, 11) is 0. The summed E-state index contributed by atoms with van der Waals surface area (Å²) in [5.74, 6) is 1.54. The van der Waals surface area contributed by atoms with Gasteiger partial charge in [0.15, 0.2) is 11.5 Å². The van der Waals surface area contributed by atoms with E-state index in [0.717, 1.165) is 62.7 Å². The summed E-state index contributed by atoms with van der Waals surface area (Å²) in [6.07, 6.45) is 0. The molecule has 2 heterocycles. The third-order valence-electron chi connectivity index (χ3n) is 9.04. The number of fused-ring (bicyclic) bond motifs is 4. The summed E-state index contributed by atoms with van der Waals surface area (Å²) in [5.41, 5.74) is 9.75. The number of hydrogen-bond acceptors (Lipinski definition) is 7. The summed E-state index contributed by atoms with van der Waals surface area (Å²) in [5, 5.41) is 19.2. The van der Waals surface area contributed by atoms with Crippen molar-refractivity contribution in [2.24, 2.45) is 0 Å². The summed E-state index contributed by atoms with van der Waals surface area (Å²) in [6.45, 7) is 0. The van der Waals surface area contributed by atoms with Crippen molar-refractivity contribution >= 4 is 62.9 Å². The monoisotopic (exact) mass is 673 g/mol. The number of para-hydroxylation sites is 6. The Morgan fingerprint density at radius 1 is 0.451 bits per heavy atom. The van der Waals surface area contributed by atoms with Gasteiger partial charge in [-0.1, -0.05) is 60.3 Å². The van der Waals surface area contributed by atoms with Gasteiger partial charge in [0.25, 0.3) is 0 Å². The van der Waals surface area contributed by atoms with Gasteiger partial charge in [-0.15, -0.1) is 0 Å². The lowest BCUT2D eigenvalue weighted by molar-refractivity contribution is 0.477. The Bertz CT molecular complexity index is 2270. The molecule has 0 bridgehead atoms. The highest BCUT2D eigenvalue weighted by atomic mass is 32.2. The van der Waals surface area contributed by atoms with Gasteiger partial charge in [0.1, 0.15) is 0 Å². The van der Waals surface area contributed by atoms with Crippen LogP contribution in [0.15, 0.2) is 174 Å². The molecule has 0 radical (unpaired) electrons. The number of anilines is 9. The first-order chi connectivity index (χ1) is 25.2. The topological polar surface area (TPSA) is 66.5 Å². The van der Waals surface area contributed by atoms with Gasteiger partial charge in [-0.3, -0.25) is 0 Å². The predicted molar refractivity (Wildman–Crippen MR) is 204 cm³/mol. The van der Waals surface area contributed by atoms with Crippen LogP contribution in [-0.2, 0) is 0 Å². The molecule has 0 atom stereocenters. The van der Waals surface area contributed by atoms with E-state index in [1.54, 1.807) is 11.8 Å². The lowest BCUT2D eigenvalue weighted by Crippen LogP contribution is -2.19. The first-order valence-corrected chi connectivity index (χ1v) is 17.3. The van der Waals surface area contributed by atoms with E-state index in [1.165, 1.54) is 9.79 Å². The van der Waals surface area contributed by atoms with Gasteiger partial charge in [0.05, 0.1) is 63.1 Å². The van der Waals surface area contributed by atoms with E-state index in [0.29, 0.717) is 11.1 Å². The highest BCUT2D eigenvalue weighted by molar-refractivity contribution is 7.99. The second-order valence-corrected chi connectivity index (χ2v) is 13.2. The number of benzene rings is 7. The number of ether oxygens (including phenoxy) is 1. The van der Waals surface area contributed by atoms with Crippen LogP contribution in [0.2, 0.25) is 0 Å². The van der Waals surface area contributed by atoms with Crippen molar-refractivity contribution in [1.82, 2.24) is 0 Å². The van der Waals surface area contributed by atoms with Crippen LogP contribution < -0.4 is 19.4 Å². The van der Waals surface area contributed by atoms with Gasteiger partial charge in [0, 0.05) is 21.2 Å². The molecule has 0 saturated carbocycles. The van der Waals surface area contributed by atoms with Gasteiger partial charge in [0.2, 0.25) is 0 Å². The van der Waals surface area contributed by atoms with E-state index in [4.69, 9.17) is 4.74 Å². The molecule has 0 amide bonds. The molecular weight excluding hydrogens is 647 g/mol. The minimum Gasteiger partial charge on any atom is -0.453 e.